The van der Waals surface area contributed by atoms with E-state index in [0.717, 1.165) is 12.3 Å². The summed E-state index contributed by atoms with van der Waals surface area (Å²) in [6, 6.07) is 2.26. The fraction of sp³-hybridized carbons (Fsp3) is 0.500. The van der Waals surface area contributed by atoms with Gasteiger partial charge in [-0.3, -0.25) is 4.79 Å². The molecule has 1 unspecified atom stereocenters. The van der Waals surface area contributed by atoms with Crippen LogP contribution in [0.25, 0.3) is 0 Å². The van der Waals surface area contributed by atoms with E-state index in [-0.39, 0.29) is 0 Å². The first kappa shape index (κ1) is 16.8. The molecule has 0 aliphatic rings. The second kappa shape index (κ2) is 6.45. The van der Waals surface area contributed by atoms with Crippen LogP contribution in [0.2, 0.25) is 0 Å². The van der Waals surface area contributed by atoms with E-state index in [0.29, 0.717) is 17.2 Å². The molecule has 112 valence electrons. The highest BCUT2D eigenvalue weighted by molar-refractivity contribution is 7.99. The van der Waals surface area contributed by atoms with Crippen molar-refractivity contribution in [2.45, 2.75) is 30.1 Å². The molecule has 0 aromatic carbocycles. The molecule has 0 fully saturated rings. The molecule has 1 aromatic heterocycles. The third-order valence-electron chi connectivity index (χ3n) is 2.59. The fourth-order valence-corrected chi connectivity index (χ4v) is 2.36. The number of rotatable bonds is 5. The number of thioether (sulfide) groups is 1. The summed E-state index contributed by atoms with van der Waals surface area (Å²) in [5.74, 6) is -0.0843. The first-order chi connectivity index (χ1) is 9.16. The highest BCUT2D eigenvalue weighted by Gasteiger charge is 2.31. The number of carbonyl (C=O) groups excluding carboxylic acids is 1. The molecule has 0 saturated heterocycles. The Morgan fingerprint density at radius 1 is 1.45 bits per heavy atom. The summed E-state index contributed by atoms with van der Waals surface area (Å²) < 4.78 is 41.6. The summed E-state index contributed by atoms with van der Waals surface area (Å²) >= 11 is 1.23. The van der Waals surface area contributed by atoms with Gasteiger partial charge in [-0.1, -0.05) is 0 Å². The zero-order valence-electron chi connectivity index (χ0n) is 11.0. The van der Waals surface area contributed by atoms with Crippen LogP contribution in [0.1, 0.15) is 18.9 Å². The molecule has 1 heterocycles. The largest absolute Gasteiger partial charge is 0.468 e. The van der Waals surface area contributed by atoms with Gasteiger partial charge in [0.15, 0.2) is 0 Å². The molecule has 0 aliphatic carbocycles. The van der Waals surface area contributed by atoms with Crippen LogP contribution in [-0.4, -0.2) is 29.4 Å². The minimum atomic E-state index is -4.39. The van der Waals surface area contributed by atoms with E-state index in [1.54, 1.807) is 6.92 Å². The van der Waals surface area contributed by atoms with E-state index in [2.05, 4.69) is 9.72 Å². The summed E-state index contributed by atoms with van der Waals surface area (Å²) in [6.45, 7) is 1.54. The number of aromatic nitrogens is 1. The average molecular weight is 308 g/mol. The number of alkyl halides is 3. The third-order valence-corrected chi connectivity index (χ3v) is 3.53. The lowest BCUT2D eigenvalue weighted by Crippen LogP contribution is -2.46. The molecule has 2 N–H and O–H groups in total. The molecule has 8 heteroatoms. The maximum Gasteiger partial charge on any atom is 0.417 e. The van der Waals surface area contributed by atoms with Crippen molar-refractivity contribution in [3.05, 3.63) is 23.9 Å². The van der Waals surface area contributed by atoms with Crippen LogP contribution in [0.4, 0.5) is 13.2 Å². The number of hydrogen-bond acceptors (Lipinski definition) is 5. The van der Waals surface area contributed by atoms with Crippen molar-refractivity contribution in [1.29, 1.82) is 0 Å². The lowest BCUT2D eigenvalue weighted by molar-refractivity contribution is -0.146. The van der Waals surface area contributed by atoms with Crippen molar-refractivity contribution < 1.29 is 22.7 Å². The summed E-state index contributed by atoms with van der Waals surface area (Å²) in [5, 5.41) is 0.443. The number of esters is 1. The Kier molecular flexibility index (Phi) is 5.41. The second-order valence-electron chi connectivity index (χ2n) is 4.39. The van der Waals surface area contributed by atoms with Crippen molar-refractivity contribution in [3.63, 3.8) is 0 Å². The van der Waals surface area contributed by atoms with E-state index in [1.807, 2.05) is 0 Å². The van der Waals surface area contributed by atoms with Gasteiger partial charge in [0.1, 0.15) is 5.54 Å². The molecule has 0 bridgehead atoms. The van der Waals surface area contributed by atoms with Gasteiger partial charge in [0.05, 0.1) is 17.7 Å². The molecule has 20 heavy (non-hydrogen) atoms. The minimum absolute atomic E-state index is 0.326. The van der Waals surface area contributed by atoms with Crippen molar-refractivity contribution in [1.82, 2.24) is 4.98 Å². The topological polar surface area (TPSA) is 65.2 Å². The monoisotopic (exact) mass is 308 g/mol. The fourth-order valence-electron chi connectivity index (χ4n) is 1.34. The van der Waals surface area contributed by atoms with E-state index >= 15 is 0 Å². The molecular weight excluding hydrogens is 293 g/mol. The Balaban J connectivity index is 2.53. The lowest BCUT2D eigenvalue weighted by Gasteiger charge is -2.20. The molecule has 1 rings (SSSR count). The van der Waals surface area contributed by atoms with Gasteiger partial charge in [0.25, 0.3) is 0 Å². The number of carbonyl (C=O) groups is 1. The van der Waals surface area contributed by atoms with Crippen molar-refractivity contribution in [2.75, 3.05) is 12.9 Å². The van der Waals surface area contributed by atoms with Crippen molar-refractivity contribution in [3.8, 4) is 0 Å². The zero-order chi connectivity index (χ0) is 15.4. The summed E-state index contributed by atoms with van der Waals surface area (Å²) in [5.41, 5.74) is 3.85. The highest BCUT2D eigenvalue weighted by Crippen LogP contribution is 2.29. The van der Waals surface area contributed by atoms with Gasteiger partial charge in [-0.2, -0.15) is 13.2 Å². The van der Waals surface area contributed by atoms with Crippen LogP contribution in [0.5, 0.6) is 0 Å². The number of pyridine rings is 1. The van der Waals surface area contributed by atoms with Gasteiger partial charge < -0.3 is 10.5 Å². The van der Waals surface area contributed by atoms with Gasteiger partial charge >= 0.3 is 12.1 Å². The second-order valence-corrected chi connectivity index (χ2v) is 5.51. The number of hydrogen-bond donors (Lipinski definition) is 1. The predicted octanol–water partition coefficient (Wildman–Crippen LogP) is 2.47. The van der Waals surface area contributed by atoms with Gasteiger partial charge in [-0.15, -0.1) is 11.8 Å². The SMILES string of the molecule is COC(=O)C(C)(N)CCSc1ccc(C(F)(F)F)cn1. The van der Waals surface area contributed by atoms with Crippen LogP contribution in [0, 0.1) is 0 Å². The van der Waals surface area contributed by atoms with Crippen LogP contribution in [0.15, 0.2) is 23.4 Å². The molecule has 0 aliphatic heterocycles. The molecule has 0 amide bonds. The Morgan fingerprint density at radius 3 is 2.55 bits per heavy atom. The molecular formula is C12H15F3N2O2S. The van der Waals surface area contributed by atoms with Gasteiger partial charge in [0, 0.05) is 11.9 Å². The van der Waals surface area contributed by atoms with Crippen LogP contribution >= 0.6 is 11.8 Å². The number of nitrogens with zero attached hydrogens (tertiary/aromatic N) is 1. The number of nitrogens with two attached hydrogens (primary N) is 1. The summed E-state index contributed by atoms with van der Waals surface area (Å²) in [7, 11) is 1.25. The highest BCUT2D eigenvalue weighted by atomic mass is 32.2. The molecule has 1 aromatic rings. The Hall–Kier alpha value is -1.28. The van der Waals surface area contributed by atoms with E-state index < -0.39 is 23.2 Å². The van der Waals surface area contributed by atoms with Crippen LogP contribution < -0.4 is 5.73 Å². The van der Waals surface area contributed by atoms with Crippen LogP contribution in [-0.2, 0) is 15.7 Å². The maximum absolute atomic E-state index is 12.3. The predicted molar refractivity (Wildman–Crippen MR) is 69.2 cm³/mol. The minimum Gasteiger partial charge on any atom is -0.468 e. The molecule has 0 saturated carbocycles. The quantitative estimate of drug-likeness (QED) is 0.668. The van der Waals surface area contributed by atoms with E-state index in [1.165, 1.54) is 24.9 Å². The number of halogens is 3. The maximum atomic E-state index is 12.3. The van der Waals surface area contributed by atoms with E-state index in [9.17, 15) is 18.0 Å². The Labute approximate surface area is 118 Å². The van der Waals surface area contributed by atoms with E-state index in [4.69, 9.17) is 5.73 Å². The van der Waals surface area contributed by atoms with Gasteiger partial charge in [0.2, 0.25) is 0 Å². The van der Waals surface area contributed by atoms with Gasteiger partial charge in [-0.05, 0) is 25.5 Å². The Bertz CT molecular complexity index is 461. The zero-order valence-corrected chi connectivity index (χ0v) is 11.8. The molecule has 0 radical (unpaired) electrons. The standard InChI is InChI=1S/C12H15F3N2O2S/c1-11(16,10(18)19-2)5-6-20-9-4-3-8(7-17-9)12(13,14)15/h3-4,7H,5-6,16H2,1-2H3. The molecule has 4 nitrogen and oxygen atoms in total. The normalized spacial score (nSPS) is 14.7. The number of methoxy groups -OCH3 is 1. The molecule has 0 spiro atoms. The van der Waals surface area contributed by atoms with Gasteiger partial charge in [-0.25, -0.2) is 4.98 Å². The third kappa shape index (κ3) is 4.68. The average Bonchev–Trinajstić information content (AvgIpc) is 2.37. The van der Waals surface area contributed by atoms with Crippen molar-refractivity contribution in [2.24, 2.45) is 5.73 Å². The smallest absolute Gasteiger partial charge is 0.417 e. The lowest BCUT2D eigenvalue weighted by atomic mass is 10.0. The van der Waals surface area contributed by atoms with Crippen molar-refractivity contribution >= 4 is 17.7 Å². The Morgan fingerprint density at radius 2 is 2.10 bits per heavy atom. The first-order valence-corrected chi connectivity index (χ1v) is 6.69. The summed E-state index contributed by atoms with van der Waals surface area (Å²) in [4.78, 5) is 15.0. The number of ether oxygens (including phenoxy) is 1. The molecule has 1 atom stereocenters. The first-order valence-electron chi connectivity index (χ1n) is 5.70. The summed E-state index contributed by atoms with van der Waals surface area (Å²) in [6.07, 6.45) is -3.28. The van der Waals surface area contributed by atoms with Crippen LogP contribution in [0.3, 0.4) is 0 Å².